The number of hydrogen-bond acceptors (Lipinski definition) is 7. The number of nitrogens with zero attached hydrogens (tertiary/aromatic N) is 1. The summed E-state index contributed by atoms with van der Waals surface area (Å²) in [4.78, 5) is 29.3. The van der Waals surface area contributed by atoms with E-state index in [-0.39, 0.29) is 6.54 Å². The zero-order valence-electron chi connectivity index (χ0n) is 22.1. The monoisotopic (exact) mass is 517 g/mol. The summed E-state index contributed by atoms with van der Waals surface area (Å²) in [5.74, 6) is 0.546. The number of methoxy groups -OCH3 is 3. The summed E-state index contributed by atoms with van der Waals surface area (Å²) in [6, 6.07) is 17.4. The normalized spacial score (nSPS) is 16.7. The first-order valence-electron chi connectivity index (χ1n) is 12.2. The molecule has 1 N–H and O–H groups in total. The SMILES string of the molecule is CCOc1ccc(C(=O)C2(c3ccc(OC)c(OC)c3)C=C(O)C(=O)N2Cc2cccc(OC)c2)cc1C. The zero-order chi connectivity index (χ0) is 27.4. The molecule has 0 bridgehead atoms. The van der Waals surface area contributed by atoms with Gasteiger partial charge in [0.05, 0.1) is 27.9 Å². The van der Waals surface area contributed by atoms with Gasteiger partial charge in [0.25, 0.3) is 5.91 Å². The number of aliphatic hydroxyl groups is 1. The Hall–Kier alpha value is -4.46. The van der Waals surface area contributed by atoms with Gasteiger partial charge < -0.3 is 29.0 Å². The maximum absolute atomic E-state index is 14.5. The number of aryl methyl sites for hydroxylation is 1. The Balaban J connectivity index is 1.93. The van der Waals surface area contributed by atoms with Gasteiger partial charge in [-0.15, -0.1) is 0 Å². The molecule has 38 heavy (non-hydrogen) atoms. The van der Waals surface area contributed by atoms with Crippen LogP contribution < -0.4 is 18.9 Å². The first-order chi connectivity index (χ1) is 18.3. The highest BCUT2D eigenvalue weighted by atomic mass is 16.5. The quantitative estimate of drug-likeness (QED) is 0.379. The van der Waals surface area contributed by atoms with Gasteiger partial charge in [0.1, 0.15) is 11.5 Å². The van der Waals surface area contributed by atoms with Crippen molar-refractivity contribution in [2.24, 2.45) is 0 Å². The number of rotatable bonds is 10. The van der Waals surface area contributed by atoms with Crippen LogP contribution in [0.1, 0.15) is 34.0 Å². The van der Waals surface area contributed by atoms with Gasteiger partial charge in [-0.05, 0) is 73.0 Å². The molecule has 198 valence electrons. The second-order valence-corrected chi connectivity index (χ2v) is 8.85. The molecule has 0 aliphatic carbocycles. The third-order valence-corrected chi connectivity index (χ3v) is 6.62. The highest BCUT2D eigenvalue weighted by Gasteiger charge is 2.52. The summed E-state index contributed by atoms with van der Waals surface area (Å²) in [5, 5.41) is 10.8. The molecule has 0 aromatic heterocycles. The predicted octanol–water partition coefficient (Wildman–Crippen LogP) is 4.98. The van der Waals surface area contributed by atoms with Crippen molar-refractivity contribution in [1.82, 2.24) is 4.90 Å². The molecule has 8 heteroatoms. The third kappa shape index (κ3) is 4.65. The third-order valence-electron chi connectivity index (χ3n) is 6.62. The van der Waals surface area contributed by atoms with E-state index in [2.05, 4.69) is 0 Å². The van der Waals surface area contributed by atoms with Crippen molar-refractivity contribution in [1.29, 1.82) is 0 Å². The molecule has 0 spiro atoms. The molecule has 3 aromatic carbocycles. The first kappa shape index (κ1) is 26.6. The fourth-order valence-electron chi connectivity index (χ4n) is 4.75. The molecule has 1 aliphatic heterocycles. The summed E-state index contributed by atoms with van der Waals surface area (Å²) in [6.45, 7) is 4.26. The van der Waals surface area contributed by atoms with Crippen molar-refractivity contribution in [3.63, 3.8) is 0 Å². The molecule has 0 radical (unpaired) electrons. The van der Waals surface area contributed by atoms with Crippen LogP contribution in [0.15, 0.2) is 72.5 Å². The maximum atomic E-state index is 14.5. The number of aliphatic hydroxyl groups excluding tert-OH is 1. The van der Waals surface area contributed by atoms with E-state index >= 15 is 0 Å². The molecule has 8 nitrogen and oxygen atoms in total. The van der Waals surface area contributed by atoms with E-state index in [1.54, 1.807) is 61.7 Å². The average Bonchev–Trinajstić information content (AvgIpc) is 3.19. The lowest BCUT2D eigenvalue weighted by Crippen LogP contribution is -2.49. The Labute approximate surface area is 222 Å². The number of ketones is 1. The van der Waals surface area contributed by atoms with Crippen LogP contribution in [0, 0.1) is 6.92 Å². The predicted molar refractivity (Wildman–Crippen MR) is 142 cm³/mol. The van der Waals surface area contributed by atoms with Crippen LogP contribution in [0.4, 0.5) is 0 Å². The fraction of sp³-hybridized carbons (Fsp3) is 0.267. The summed E-state index contributed by atoms with van der Waals surface area (Å²) in [7, 11) is 4.56. The number of Topliss-reactive ketones (excluding diaryl/α,β-unsaturated/α-hetero) is 1. The molecule has 0 fully saturated rings. The molecule has 0 saturated carbocycles. The van der Waals surface area contributed by atoms with Crippen molar-refractivity contribution in [3.8, 4) is 23.0 Å². The maximum Gasteiger partial charge on any atom is 0.290 e. The van der Waals surface area contributed by atoms with Gasteiger partial charge in [-0.25, -0.2) is 0 Å². The Morgan fingerprint density at radius 3 is 2.32 bits per heavy atom. The molecular weight excluding hydrogens is 486 g/mol. The van der Waals surface area contributed by atoms with E-state index in [1.165, 1.54) is 25.2 Å². The van der Waals surface area contributed by atoms with Gasteiger partial charge in [0.15, 0.2) is 28.6 Å². The molecule has 4 rings (SSSR count). The van der Waals surface area contributed by atoms with Gasteiger partial charge in [0.2, 0.25) is 0 Å². The minimum absolute atomic E-state index is 0.0344. The Kier molecular flexibility index (Phi) is 7.62. The lowest BCUT2D eigenvalue weighted by atomic mass is 9.81. The van der Waals surface area contributed by atoms with E-state index in [9.17, 15) is 14.7 Å². The summed E-state index contributed by atoms with van der Waals surface area (Å²) >= 11 is 0. The summed E-state index contributed by atoms with van der Waals surface area (Å²) < 4.78 is 21.9. The number of hydrogen-bond donors (Lipinski definition) is 1. The van der Waals surface area contributed by atoms with Gasteiger partial charge in [-0.3, -0.25) is 9.59 Å². The number of carbonyl (C=O) groups is 2. The van der Waals surface area contributed by atoms with Crippen LogP contribution in [-0.2, 0) is 16.9 Å². The van der Waals surface area contributed by atoms with Gasteiger partial charge in [-0.1, -0.05) is 18.2 Å². The Bertz CT molecular complexity index is 1400. The van der Waals surface area contributed by atoms with Crippen molar-refractivity contribution >= 4 is 11.7 Å². The molecule has 1 aliphatic rings. The minimum Gasteiger partial charge on any atom is -0.503 e. The van der Waals surface area contributed by atoms with E-state index in [0.29, 0.717) is 40.7 Å². The van der Waals surface area contributed by atoms with Gasteiger partial charge in [0, 0.05) is 18.2 Å². The second-order valence-electron chi connectivity index (χ2n) is 8.85. The van der Waals surface area contributed by atoms with Gasteiger partial charge in [-0.2, -0.15) is 0 Å². The average molecular weight is 518 g/mol. The van der Waals surface area contributed by atoms with Crippen LogP contribution in [0.5, 0.6) is 23.0 Å². The Morgan fingerprint density at radius 1 is 0.921 bits per heavy atom. The molecule has 1 atom stereocenters. The highest BCUT2D eigenvalue weighted by Crippen LogP contribution is 2.44. The number of ether oxygens (including phenoxy) is 4. The van der Waals surface area contributed by atoms with E-state index in [1.807, 2.05) is 19.9 Å². The van der Waals surface area contributed by atoms with Crippen molar-refractivity contribution in [3.05, 3.63) is 94.8 Å². The minimum atomic E-state index is -1.66. The standard InChI is InChI=1S/C30H31NO7/c1-6-38-25-12-10-21(14-19(25)2)28(33)30(22-11-13-26(36-4)27(16-22)37-5)17-24(32)29(34)31(30)18-20-8-7-9-23(15-20)35-3/h7-17,32H,6,18H2,1-5H3. The molecule has 1 unspecified atom stereocenters. The lowest BCUT2D eigenvalue weighted by molar-refractivity contribution is -0.131. The molecule has 1 amide bonds. The lowest BCUT2D eigenvalue weighted by Gasteiger charge is -2.37. The smallest absolute Gasteiger partial charge is 0.290 e. The van der Waals surface area contributed by atoms with Crippen molar-refractivity contribution in [2.75, 3.05) is 27.9 Å². The molecule has 1 heterocycles. The number of amides is 1. The Morgan fingerprint density at radius 2 is 1.66 bits per heavy atom. The number of carbonyl (C=O) groups excluding carboxylic acids is 2. The topological polar surface area (TPSA) is 94.5 Å². The van der Waals surface area contributed by atoms with Crippen LogP contribution >= 0.6 is 0 Å². The van der Waals surface area contributed by atoms with E-state index < -0.39 is 23.0 Å². The van der Waals surface area contributed by atoms with Crippen molar-refractivity contribution in [2.45, 2.75) is 25.9 Å². The van der Waals surface area contributed by atoms with Crippen LogP contribution in [0.2, 0.25) is 0 Å². The van der Waals surface area contributed by atoms with E-state index in [0.717, 1.165) is 11.1 Å². The molecular formula is C30H31NO7. The molecule has 3 aromatic rings. The largest absolute Gasteiger partial charge is 0.503 e. The van der Waals surface area contributed by atoms with Crippen LogP contribution in [0.3, 0.4) is 0 Å². The van der Waals surface area contributed by atoms with Crippen LogP contribution in [0.25, 0.3) is 0 Å². The van der Waals surface area contributed by atoms with Gasteiger partial charge >= 0.3 is 0 Å². The highest BCUT2D eigenvalue weighted by molar-refractivity contribution is 6.11. The van der Waals surface area contributed by atoms with Crippen molar-refractivity contribution < 1.29 is 33.6 Å². The number of benzene rings is 3. The van der Waals surface area contributed by atoms with Crippen LogP contribution in [-0.4, -0.2) is 49.6 Å². The first-order valence-corrected chi connectivity index (χ1v) is 12.2. The summed E-state index contributed by atoms with van der Waals surface area (Å²) in [6.07, 6.45) is 1.31. The zero-order valence-corrected chi connectivity index (χ0v) is 22.1. The fourth-order valence-corrected chi connectivity index (χ4v) is 4.75. The second kappa shape index (κ2) is 10.9. The van der Waals surface area contributed by atoms with E-state index in [4.69, 9.17) is 18.9 Å². The summed E-state index contributed by atoms with van der Waals surface area (Å²) in [5.41, 5.74) is 0.629. The molecule has 0 saturated heterocycles.